The average molecular weight is 534 g/mol. The van der Waals surface area contributed by atoms with Crippen molar-refractivity contribution < 1.29 is 13.9 Å². The normalized spacial score (nSPS) is 15.5. The number of furan rings is 1. The van der Waals surface area contributed by atoms with Crippen LogP contribution in [0.2, 0.25) is 0 Å². The van der Waals surface area contributed by atoms with E-state index in [1.165, 1.54) is 31.9 Å². The Kier molecular flexibility index (Phi) is 13.8. The molecule has 1 aliphatic rings. The number of nitrogens with zero attached hydrogens (tertiary/aromatic N) is 1. The lowest BCUT2D eigenvalue weighted by atomic mass is 9.98. The van der Waals surface area contributed by atoms with Gasteiger partial charge in [-0.2, -0.15) is 0 Å². The van der Waals surface area contributed by atoms with Crippen LogP contribution in [0, 0.1) is 12.8 Å². The van der Waals surface area contributed by atoms with Crippen LogP contribution >= 0.6 is 24.0 Å². The van der Waals surface area contributed by atoms with Gasteiger partial charge in [-0.15, -0.1) is 24.0 Å². The second-order valence-corrected chi connectivity index (χ2v) is 7.56. The van der Waals surface area contributed by atoms with Crippen LogP contribution in [0.1, 0.15) is 68.5 Å². The molecule has 0 aliphatic heterocycles. The lowest BCUT2D eigenvalue weighted by Gasteiger charge is -2.24. The molecule has 1 heterocycles. The lowest BCUT2D eigenvalue weighted by Crippen LogP contribution is -2.39. The molecule has 172 valence electrons. The largest absolute Gasteiger partial charge is 0.459 e. The van der Waals surface area contributed by atoms with E-state index in [1.807, 2.05) is 6.92 Å². The maximum absolute atomic E-state index is 12.0. The molecule has 7 nitrogen and oxygen atoms in total. The molecule has 3 N–H and O–H groups in total. The van der Waals surface area contributed by atoms with Gasteiger partial charge in [-0.05, 0) is 58.4 Å². The average Bonchev–Trinajstić information content (AvgIpc) is 3.38. The van der Waals surface area contributed by atoms with Gasteiger partial charge in [-0.3, -0.25) is 9.79 Å². The monoisotopic (exact) mass is 534 g/mol. The van der Waals surface area contributed by atoms with Crippen LogP contribution in [-0.2, 0) is 4.74 Å². The number of aliphatic imine (C=N–C) groups is 1. The van der Waals surface area contributed by atoms with Gasteiger partial charge in [0.05, 0.1) is 12.4 Å². The summed E-state index contributed by atoms with van der Waals surface area (Å²) in [4.78, 5) is 16.6. The molecular weight excluding hydrogens is 495 g/mol. The highest BCUT2D eigenvalue weighted by Gasteiger charge is 2.25. The minimum atomic E-state index is -0.171. The Hall–Kier alpha value is -1.29. The summed E-state index contributed by atoms with van der Waals surface area (Å²) in [6, 6.07) is 1.79. The molecule has 0 bridgehead atoms. The van der Waals surface area contributed by atoms with Gasteiger partial charge in [0.1, 0.15) is 0 Å². The molecule has 0 saturated heterocycles. The summed E-state index contributed by atoms with van der Waals surface area (Å²) in [6.45, 7) is 9.65. The number of aryl methyl sites for hydroxylation is 1. The maximum atomic E-state index is 12.0. The third-order valence-corrected chi connectivity index (χ3v) is 5.33. The van der Waals surface area contributed by atoms with E-state index in [4.69, 9.17) is 9.15 Å². The molecule has 0 radical (unpaired) electrons. The van der Waals surface area contributed by atoms with Crippen LogP contribution in [0.5, 0.6) is 0 Å². The third-order valence-electron chi connectivity index (χ3n) is 5.33. The molecule has 1 aromatic rings. The number of carbonyl (C=O) groups excluding carboxylic acids is 1. The molecule has 1 aromatic heterocycles. The number of hydrogen-bond acceptors (Lipinski definition) is 4. The van der Waals surface area contributed by atoms with Crippen molar-refractivity contribution in [3.8, 4) is 0 Å². The van der Waals surface area contributed by atoms with Crippen molar-refractivity contribution in [1.82, 2.24) is 16.0 Å². The Bertz CT molecular complexity index is 630. The van der Waals surface area contributed by atoms with E-state index >= 15 is 0 Å². The van der Waals surface area contributed by atoms with E-state index in [0.717, 1.165) is 44.1 Å². The van der Waals surface area contributed by atoms with Crippen LogP contribution in [0.3, 0.4) is 0 Å². The first-order valence-electron chi connectivity index (χ1n) is 11.1. The van der Waals surface area contributed by atoms with Gasteiger partial charge in [-0.1, -0.05) is 12.8 Å². The highest BCUT2D eigenvalue weighted by atomic mass is 127. The van der Waals surface area contributed by atoms with Crippen molar-refractivity contribution in [2.24, 2.45) is 10.9 Å². The van der Waals surface area contributed by atoms with Crippen molar-refractivity contribution in [2.45, 2.75) is 65.4 Å². The number of halogens is 1. The number of rotatable bonds is 12. The fourth-order valence-electron chi connectivity index (χ4n) is 3.83. The standard InChI is InChI=1S/C22H38N4O3.HI/c1-4-23-22(26-15-11-19(28-5-2)18-9-6-7-10-18)25-14-8-13-24-21(27)20-17(3)12-16-29-20;/h12,16,18-19H,4-11,13-15H2,1-3H3,(H,24,27)(H2,23,25,26);1H. The summed E-state index contributed by atoms with van der Waals surface area (Å²) >= 11 is 0. The first kappa shape index (κ1) is 26.7. The fourth-order valence-corrected chi connectivity index (χ4v) is 3.83. The molecule has 1 saturated carbocycles. The van der Waals surface area contributed by atoms with Gasteiger partial charge in [0, 0.05) is 38.3 Å². The lowest BCUT2D eigenvalue weighted by molar-refractivity contribution is 0.0169. The summed E-state index contributed by atoms with van der Waals surface area (Å²) in [5, 5.41) is 9.58. The first-order chi connectivity index (χ1) is 14.2. The zero-order valence-electron chi connectivity index (χ0n) is 18.7. The van der Waals surface area contributed by atoms with Gasteiger partial charge in [-0.25, -0.2) is 0 Å². The summed E-state index contributed by atoms with van der Waals surface area (Å²) < 4.78 is 11.2. The second-order valence-electron chi connectivity index (χ2n) is 7.56. The topological polar surface area (TPSA) is 87.9 Å². The Morgan fingerprint density at radius 2 is 2.00 bits per heavy atom. The van der Waals surface area contributed by atoms with E-state index in [-0.39, 0.29) is 29.9 Å². The molecule has 1 amide bonds. The van der Waals surface area contributed by atoms with Gasteiger partial charge in [0.25, 0.3) is 5.91 Å². The van der Waals surface area contributed by atoms with Crippen molar-refractivity contribution in [3.63, 3.8) is 0 Å². The van der Waals surface area contributed by atoms with Crippen molar-refractivity contribution >= 4 is 35.8 Å². The Morgan fingerprint density at radius 1 is 1.23 bits per heavy atom. The predicted octanol–water partition coefficient (Wildman–Crippen LogP) is 3.87. The predicted molar refractivity (Wildman–Crippen MR) is 132 cm³/mol. The van der Waals surface area contributed by atoms with E-state index in [2.05, 4.69) is 34.8 Å². The molecule has 1 aliphatic carbocycles. The van der Waals surface area contributed by atoms with Crippen LogP contribution in [0.15, 0.2) is 21.7 Å². The summed E-state index contributed by atoms with van der Waals surface area (Å²) in [6.07, 6.45) is 8.91. The van der Waals surface area contributed by atoms with E-state index in [1.54, 1.807) is 6.07 Å². The Morgan fingerprint density at radius 3 is 2.63 bits per heavy atom. The quantitative estimate of drug-likeness (QED) is 0.164. The SMILES string of the molecule is CCNC(=NCCCNC(=O)c1occc1C)NCCC(OCC)C1CCCC1.I. The molecular formula is C22H39IN4O3. The van der Waals surface area contributed by atoms with Crippen molar-refractivity contribution in [1.29, 1.82) is 0 Å². The van der Waals surface area contributed by atoms with Gasteiger partial charge >= 0.3 is 0 Å². The van der Waals surface area contributed by atoms with E-state index in [0.29, 0.717) is 30.9 Å². The smallest absolute Gasteiger partial charge is 0.287 e. The number of amides is 1. The minimum absolute atomic E-state index is 0. The summed E-state index contributed by atoms with van der Waals surface area (Å²) in [5.74, 6) is 1.74. The van der Waals surface area contributed by atoms with Crippen LogP contribution in [0.25, 0.3) is 0 Å². The number of hydrogen-bond donors (Lipinski definition) is 3. The fraction of sp³-hybridized carbons (Fsp3) is 0.727. The molecule has 0 spiro atoms. The number of ether oxygens (including phenoxy) is 1. The van der Waals surface area contributed by atoms with Crippen molar-refractivity contribution in [3.05, 3.63) is 23.7 Å². The van der Waals surface area contributed by atoms with Crippen LogP contribution in [0.4, 0.5) is 0 Å². The molecule has 8 heteroatoms. The highest BCUT2D eigenvalue weighted by molar-refractivity contribution is 14.0. The molecule has 1 atom stereocenters. The van der Waals surface area contributed by atoms with E-state index < -0.39 is 0 Å². The zero-order chi connectivity index (χ0) is 20.9. The maximum Gasteiger partial charge on any atom is 0.287 e. The van der Waals surface area contributed by atoms with Gasteiger partial charge in [0.15, 0.2) is 11.7 Å². The molecule has 1 fully saturated rings. The van der Waals surface area contributed by atoms with E-state index in [9.17, 15) is 4.79 Å². The minimum Gasteiger partial charge on any atom is -0.459 e. The van der Waals surface area contributed by atoms with Crippen molar-refractivity contribution in [2.75, 3.05) is 32.8 Å². The summed E-state index contributed by atoms with van der Waals surface area (Å²) in [7, 11) is 0. The van der Waals surface area contributed by atoms with Crippen LogP contribution in [-0.4, -0.2) is 50.8 Å². The number of carbonyl (C=O) groups is 1. The second kappa shape index (κ2) is 15.5. The summed E-state index contributed by atoms with van der Waals surface area (Å²) in [5.41, 5.74) is 0.849. The molecule has 2 rings (SSSR count). The molecule has 1 unspecified atom stereocenters. The first-order valence-corrected chi connectivity index (χ1v) is 11.1. The zero-order valence-corrected chi connectivity index (χ0v) is 21.0. The van der Waals surface area contributed by atoms with Gasteiger partial charge < -0.3 is 25.1 Å². The van der Waals surface area contributed by atoms with Crippen LogP contribution < -0.4 is 16.0 Å². The number of nitrogens with one attached hydrogen (secondary N) is 3. The number of guanidine groups is 1. The Labute approximate surface area is 198 Å². The Balaban J connectivity index is 0.00000450. The molecule has 30 heavy (non-hydrogen) atoms. The third kappa shape index (κ3) is 9.24. The highest BCUT2D eigenvalue weighted by Crippen LogP contribution is 2.30. The van der Waals surface area contributed by atoms with Gasteiger partial charge in [0.2, 0.25) is 0 Å². The molecule has 0 aromatic carbocycles.